The summed E-state index contributed by atoms with van der Waals surface area (Å²) in [6, 6.07) is 17.5. The summed E-state index contributed by atoms with van der Waals surface area (Å²) in [6.45, 7) is 4.81. The number of hydrogen-bond donors (Lipinski definition) is 1. The van der Waals surface area contributed by atoms with E-state index in [2.05, 4.69) is 97.7 Å². The van der Waals surface area contributed by atoms with E-state index in [1.165, 1.54) is 71.9 Å². The zero-order chi connectivity index (χ0) is 19.1. The van der Waals surface area contributed by atoms with Crippen molar-refractivity contribution in [3.63, 3.8) is 0 Å². The van der Waals surface area contributed by atoms with Crippen LogP contribution in [0.15, 0.2) is 57.5 Å². The van der Waals surface area contributed by atoms with E-state index in [-0.39, 0.29) is 12.4 Å². The number of rotatable bonds is 2. The number of benzene rings is 2. The van der Waals surface area contributed by atoms with Crippen LogP contribution in [0, 0.1) is 0 Å². The lowest BCUT2D eigenvalue weighted by Gasteiger charge is -2.29. The zero-order valence-corrected chi connectivity index (χ0v) is 20.5. The van der Waals surface area contributed by atoms with E-state index in [0.717, 1.165) is 11.8 Å². The second-order valence-corrected chi connectivity index (χ2v) is 9.54. The second-order valence-electron chi connectivity index (χ2n) is 7.70. The lowest BCUT2D eigenvalue weighted by Crippen LogP contribution is -2.29. The predicted octanol–water partition coefficient (Wildman–Crippen LogP) is 6.60. The van der Waals surface area contributed by atoms with Crippen LogP contribution in [0.25, 0.3) is 0 Å². The van der Waals surface area contributed by atoms with Crippen LogP contribution in [-0.4, -0.2) is 38.1 Å². The summed E-state index contributed by atoms with van der Waals surface area (Å²) >= 11 is 6.93. The van der Waals surface area contributed by atoms with Crippen LogP contribution < -0.4 is 5.32 Å². The fraction of sp³-hybridized carbons (Fsp3) is 0.478. The molecule has 2 nitrogen and oxygen atoms in total. The highest BCUT2D eigenvalue weighted by Crippen LogP contribution is 2.28. The standard InChI is InChI=1S/C12H16BrN.C11H14BrN.ClH/c1-14-8-6-11(7-9-14)10-2-4-12(13)5-3-10;12-11-3-1-9(2-4-11)10-5-7-13-8-6-10;/h2-5,11H,6-9H2,1H3;1-4,10,13H,5-8H2;1H. The van der Waals surface area contributed by atoms with Crippen molar-refractivity contribution in [3.8, 4) is 0 Å². The normalized spacial score (nSPS) is 18.7. The lowest BCUT2D eigenvalue weighted by atomic mass is 9.90. The van der Waals surface area contributed by atoms with E-state index < -0.39 is 0 Å². The van der Waals surface area contributed by atoms with Crippen LogP contribution in [0.4, 0.5) is 0 Å². The van der Waals surface area contributed by atoms with Crippen molar-refractivity contribution in [2.45, 2.75) is 37.5 Å². The molecule has 2 aliphatic rings. The molecule has 0 aliphatic carbocycles. The first-order valence-electron chi connectivity index (χ1n) is 10.0. The molecule has 154 valence electrons. The van der Waals surface area contributed by atoms with Gasteiger partial charge in [0.25, 0.3) is 0 Å². The van der Waals surface area contributed by atoms with Gasteiger partial charge in [-0.25, -0.2) is 0 Å². The minimum atomic E-state index is 0. The van der Waals surface area contributed by atoms with Gasteiger partial charge in [0.2, 0.25) is 0 Å². The molecule has 2 fully saturated rings. The molecule has 0 amide bonds. The molecule has 0 saturated carbocycles. The summed E-state index contributed by atoms with van der Waals surface area (Å²) in [7, 11) is 2.21. The van der Waals surface area contributed by atoms with E-state index in [1.54, 1.807) is 0 Å². The van der Waals surface area contributed by atoms with Gasteiger partial charge < -0.3 is 10.2 Å². The number of likely N-dealkylation sites (tertiary alicyclic amines) is 1. The molecule has 0 spiro atoms. The first-order chi connectivity index (χ1) is 13.1. The highest BCUT2D eigenvalue weighted by atomic mass is 79.9. The summed E-state index contributed by atoms with van der Waals surface area (Å²) < 4.78 is 2.35. The Hall–Kier alpha value is -0.390. The van der Waals surface area contributed by atoms with Gasteiger partial charge >= 0.3 is 0 Å². The molecular formula is C23H31Br2ClN2. The first-order valence-corrected chi connectivity index (χ1v) is 11.6. The largest absolute Gasteiger partial charge is 0.317 e. The summed E-state index contributed by atoms with van der Waals surface area (Å²) in [5, 5.41) is 3.39. The Bertz CT molecular complexity index is 677. The van der Waals surface area contributed by atoms with Crippen molar-refractivity contribution in [1.82, 2.24) is 10.2 Å². The third-order valence-electron chi connectivity index (χ3n) is 5.74. The van der Waals surface area contributed by atoms with Gasteiger partial charge in [0.1, 0.15) is 0 Å². The fourth-order valence-corrected chi connectivity index (χ4v) is 4.50. The predicted molar refractivity (Wildman–Crippen MR) is 130 cm³/mol. The van der Waals surface area contributed by atoms with Gasteiger partial charge in [0.05, 0.1) is 0 Å². The van der Waals surface area contributed by atoms with E-state index in [9.17, 15) is 0 Å². The molecule has 2 heterocycles. The van der Waals surface area contributed by atoms with Gasteiger partial charge in [-0.1, -0.05) is 56.1 Å². The minimum Gasteiger partial charge on any atom is -0.317 e. The lowest BCUT2D eigenvalue weighted by molar-refractivity contribution is 0.255. The van der Waals surface area contributed by atoms with Crippen molar-refractivity contribution < 1.29 is 0 Å². The van der Waals surface area contributed by atoms with Crippen molar-refractivity contribution in [2.24, 2.45) is 0 Å². The highest BCUT2D eigenvalue weighted by Gasteiger charge is 2.17. The molecule has 2 aromatic carbocycles. The zero-order valence-electron chi connectivity index (χ0n) is 16.5. The summed E-state index contributed by atoms with van der Waals surface area (Å²) in [5.41, 5.74) is 2.99. The third-order valence-corrected chi connectivity index (χ3v) is 6.80. The van der Waals surface area contributed by atoms with E-state index in [0.29, 0.717) is 0 Å². The SMILES string of the molecule is Brc1ccc(C2CCNCC2)cc1.CN1CCC(c2ccc(Br)cc2)CC1.Cl. The Labute approximate surface area is 193 Å². The molecule has 0 radical (unpaired) electrons. The molecule has 0 bridgehead atoms. The minimum absolute atomic E-state index is 0. The van der Waals surface area contributed by atoms with Crippen LogP contribution >= 0.6 is 44.3 Å². The van der Waals surface area contributed by atoms with Crippen molar-refractivity contribution in [2.75, 3.05) is 33.2 Å². The Morgan fingerprint density at radius 1 is 0.714 bits per heavy atom. The van der Waals surface area contributed by atoms with Crippen molar-refractivity contribution in [1.29, 1.82) is 0 Å². The average Bonchev–Trinajstić information content (AvgIpc) is 2.71. The Kier molecular flexibility index (Phi) is 10.5. The molecule has 2 saturated heterocycles. The topological polar surface area (TPSA) is 15.3 Å². The number of nitrogens with one attached hydrogen (secondary N) is 1. The van der Waals surface area contributed by atoms with Crippen molar-refractivity contribution in [3.05, 3.63) is 68.6 Å². The van der Waals surface area contributed by atoms with Gasteiger partial charge in [-0.3, -0.25) is 0 Å². The number of halogens is 3. The molecule has 5 heteroatoms. The summed E-state index contributed by atoms with van der Waals surface area (Å²) in [4.78, 5) is 2.41. The van der Waals surface area contributed by atoms with Gasteiger partial charge in [0.15, 0.2) is 0 Å². The van der Waals surface area contributed by atoms with Gasteiger partial charge in [0, 0.05) is 8.95 Å². The van der Waals surface area contributed by atoms with Gasteiger partial charge in [-0.15, -0.1) is 12.4 Å². The fourth-order valence-electron chi connectivity index (χ4n) is 3.97. The summed E-state index contributed by atoms with van der Waals surface area (Å²) in [6.07, 6.45) is 5.17. The van der Waals surface area contributed by atoms with Crippen LogP contribution in [0.3, 0.4) is 0 Å². The van der Waals surface area contributed by atoms with Crippen LogP contribution in [-0.2, 0) is 0 Å². The number of hydrogen-bond acceptors (Lipinski definition) is 2. The molecule has 0 unspecified atom stereocenters. The quantitative estimate of drug-likeness (QED) is 0.471. The maximum atomic E-state index is 3.47. The van der Waals surface area contributed by atoms with Crippen LogP contribution in [0.5, 0.6) is 0 Å². The molecule has 4 rings (SSSR count). The molecule has 1 N–H and O–H groups in total. The second kappa shape index (κ2) is 12.3. The molecule has 0 aromatic heterocycles. The maximum absolute atomic E-state index is 3.47. The Morgan fingerprint density at radius 3 is 1.54 bits per heavy atom. The monoisotopic (exact) mass is 528 g/mol. The molecule has 2 aliphatic heterocycles. The van der Waals surface area contributed by atoms with E-state index >= 15 is 0 Å². The molecule has 28 heavy (non-hydrogen) atoms. The smallest absolute Gasteiger partial charge is 0.0175 e. The van der Waals surface area contributed by atoms with Crippen molar-refractivity contribution >= 4 is 44.3 Å². The van der Waals surface area contributed by atoms with Crippen LogP contribution in [0.2, 0.25) is 0 Å². The molecule has 0 atom stereocenters. The molecular weight excluding hydrogens is 500 g/mol. The van der Waals surface area contributed by atoms with Crippen LogP contribution in [0.1, 0.15) is 48.6 Å². The highest BCUT2D eigenvalue weighted by molar-refractivity contribution is 9.10. The number of piperidine rings is 2. The summed E-state index contributed by atoms with van der Waals surface area (Å²) in [5.74, 6) is 1.55. The number of nitrogens with zero attached hydrogens (tertiary/aromatic N) is 1. The third kappa shape index (κ3) is 7.46. The average molecular weight is 531 g/mol. The van der Waals surface area contributed by atoms with Gasteiger partial charge in [-0.2, -0.15) is 0 Å². The Morgan fingerprint density at radius 2 is 1.11 bits per heavy atom. The Balaban J connectivity index is 0.000000194. The van der Waals surface area contributed by atoms with E-state index in [1.807, 2.05) is 0 Å². The van der Waals surface area contributed by atoms with E-state index in [4.69, 9.17) is 0 Å². The molecule has 2 aromatic rings. The first kappa shape index (κ1) is 23.9. The maximum Gasteiger partial charge on any atom is 0.0175 e. The van der Waals surface area contributed by atoms with Gasteiger partial charge in [-0.05, 0) is 106 Å².